The van der Waals surface area contributed by atoms with Crippen LogP contribution in [0.3, 0.4) is 0 Å². The first kappa shape index (κ1) is 22.8. The molecule has 2 N–H and O–H groups in total. The van der Waals surface area contributed by atoms with E-state index in [1.54, 1.807) is 18.3 Å². The molecule has 3 atom stereocenters. The first-order valence-corrected chi connectivity index (χ1v) is 12.8. The minimum atomic E-state index is -3.51. The number of amides is 1. The second-order valence-corrected chi connectivity index (χ2v) is 11.4. The number of carbonyl (C=O) groups is 1. The number of aliphatic hydroxyl groups is 1. The average Bonchev–Trinajstić information content (AvgIpc) is 3.52. The molecule has 0 spiro atoms. The molecule has 0 bridgehead atoms. The van der Waals surface area contributed by atoms with Crippen LogP contribution >= 0.6 is 11.3 Å². The molecule has 172 valence electrons. The number of aryl methyl sites for hydroxylation is 1. The van der Waals surface area contributed by atoms with E-state index in [1.807, 2.05) is 6.92 Å². The van der Waals surface area contributed by atoms with Crippen LogP contribution in [-0.2, 0) is 24.2 Å². The fourth-order valence-electron chi connectivity index (χ4n) is 3.69. The van der Waals surface area contributed by atoms with Crippen molar-refractivity contribution < 1.29 is 27.9 Å². The normalized spacial score (nSPS) is 23.9. The lowest BCUT2D eigenvalue weighted by Gasteiger charge is -2.12. The minimum Gasteiger partial charge on any atom is -0.393 e. The summed E-state index contributed by atoms with van der Waals surface area (Å²) in [5.41, 5.74) is 0.420. The monoisotopic (exact) mass is 479 g/mol. The summed E-state index contributed by atoms with van der Waals surface area (Å²) in [5, 5.41) is 16.4. The lowest BCUT2D eigenvalue weighted by Crippen LogP contribution is -2.25. The molecule has 1 saturated carbocycles. The second kappa shape index (κ2) is 9.65. The molecule has 1 aliphatic carbocycles. The van der Waals surface area contributed by atoms with Crippen LogP contribution in [0.1, 0.15) is 36.1 Å². The zero-order valence-electron chi connectivity index (χ0n) is 17.6. The van der Waals surface area contributed by atoms with Crippen molar-refractivity contribution in [2.24, 2.45) is 5.16 Å². The van der Waals surface area contributed by atoms with Crippen LogP contribution in [0.15, 0.2) is 40.5 Å². The molecular weight excluding hydrogens is 454 g/mol. The summed E-state index contributed by atoms with van der Waals surface area (Å²) in [6, 6.07) is 6.03. The van der Waals surface area contributed by atoms with Crippen molar-refractivity contribution in [2.75, 3.05) is 18.5 Å². The summed E-state index contributed by atoms with van der Waals surface area (Å²) >= 11 is 1.33. The maximum absolute atomic E-state index is 12.9. The van der Waals surface area contributed by atoms with E-state index in [0.717, 1.165) is 4.88 Å². The number of nitrogens with one attached hydrogen (secondary N) is 1. The van der Waals surface area contributed by atoms with E-state index < -0.39 is 27.1 Å². The van der Waals surface area contributed by atoms with Gasteiger partial charge in [-0.1, -0.05) is 17.3 Å². The van der Waals surface area contributed by atoms with Gasteiger partial charge in [-0.3, -0.25) is 10.1 Å². The van der Waals surface area contributed by atoms with Crippen molar-refractivity contribution in [1.29, 1.82) is 0 Å². The highest BCUT2D eigenvalue weighted by Crippen LogP contribution is 2.25. The number of rotatable bonds is 7. The number of hydrogen-bond donors (Lipinski definition) is 2. The van der Waals surface area contributed by atoms with Crippen molar-refractivity contribution in [3.63, 3.8) is 0 Å². The summed E-state index contributed by atoms with van der Waals surface area (Å²) in [6.07, 6.45) is 3.12. The Kier molecular flexibility index (Phi) is 6.89. The van der Waals surface area contributed by atoms with Gasteiger partial charge in [0.1, 0.15) is 6.10 Å². The van der Waals surface area contributed by atoms with Gasteiger partial charge in [0, 0.05) is 29.7 Å². The maximum Gasteiger partial charge on any atom is 0.280 e. The Balaban J connectivity index is 1.57. The summed E-state index contributed by atoms with van der Waals surface area (Å²) in [4.78, 5) is 23.7. The third-order valence-corrected chi connectivity index (χ3v) is 8.50. The molecule has 2 aliphatic rings. The number of benzene rings is 1. The van der Waals surface area contributed by atoms with E-state index in [1.165, 1.54) is 23.5 Å². The van der Waals surface area contributed by atoms with Crippen LogP contribution in [0.25, 0.3) is 0 Å². The largest absolute Gasteiger partial charge is 0.393 e. The van der Waals surface area contributed by atoms with Gasteiger partial charge in [-0.15, -0.1) is 11.3 Å². The molecule has 1 aromatic carbocycles. The maximum atomic E-state index is 12.9. The van der Waals surface area contributed by atoms with Gasteiger partial charge in [-0.25, -0.2) is 13.4 Å². The molecule has 0 unspecified atom stereocenters. The van der Waals surface area contributed by atoms with Gasteiger partial charge in [0.25, 0.3) is 5.91 Å². The Morgan fingerprint density at radius 1 is 1.28 bits per heavy atom. The zero-order valence-corrected chi connectivity index (χ0v) is 19.2. The first-order chi connectivity index (χ1) is 15.3. The predicted octanol–water partition coefficient (Wildman–Crippen LogP) is 2.29. The average molecular weight is 480 g/mol. The molecule has 2 fully saturated rings. The quantitative estimate of drug-likeness (QED) is 0.461. The third kappa shape index (κ3) is 5.17. The van der Waals surface area contributed by atoms with Crippen LogP contribution in [0, 0.1) is 6.92 Å². The highest BCUT2D eigenvalue weighted by atomic mass is 32.2. The Morgan fingerprint density at radius 3 is 2.66 bits per heavy atom. The molecule has 1 amide bonds. The number of ether oxygens (including phenoxy) is 1. The highest BCUT2D eigenvalue weighted by Gasteiger charge is 2.31. The Morgan fingerprint density at radius 2 is 2.06 bits per heavy atom. The molecule has 32 heavy (non-hydrogen) atoms. The Labute approximate surface area is 190 Å². The Bertz CT molecular complexity index is 1090. The molecule has 1 saturated heterocycles. The van der Waals surface area contributed by atoms with Gasteiger partial charge < -0.3 is 14.7 Å². The summed E-state index contributed by atoms with van der Waals surface area (Å²) in [5.74, 6) is -0.516. The fourth-order valence-corrected chi connectivity index (χ4v) is 5.93. The first-order valence-electron chi connectivity index (χ1n) is 10.4. The summed E-state index contributed by atoms with van der Waals surface area (Å²) in [6.45, 7) is 2.50. The summed E-state index contributed by atoms with van der Waals surface area (Å²) in [7, 11) is -3.51. The van der Waals surface area contributed by atoms with Crippen molar-refractivity contribution in [2.45, 2.75) is 55.0 Å². The minimum absolute atomic E-state index is 0.00684. The van der Waals surface area contributed by atoms with Gasteiger partial charge in [-0.05, 0) is 38.3 Å². The molecule has 2 heterocycles. The van der Waals surface area contributed by atoms with Crippen LogP contribution in [0.4, 0.5) is 5.13 Å². The number of carbonyl (C=O) groups excluding carboxylic acids is 1. The molecule has 2 aromatic rings. The van der Waals surface area contributed by atoms with E-state index in [2.05, 4.69) is 15.5 Å². The molecule has 4 rings (SSSR count). The lowest BCUT2D eigenvalue weighted by atomic mass is 10.1. The number of oxime groups is 1. The van der Waals surface area contributed by atoms with Gasteiger partial charge in [0.05, 0.1) is 22.9 Å². The number of hydrogen-bond acceptors (Lipinski definition) is 9. The predicted molar refractivity (Wildman–Crippen MR) is 120 cm³/mol. The number of anilines is 1. The van der Waals surface area contributed by atoms with Crippen LogP contribution < -0.4 is 5.32 Å². The summed E-state index contributed by atoms with van der Waals surface area (Å²) < 4.78 is 30.8. The number of aliphatic hydroxyl groups excluding tert-OH is 1. The zero-order chi connectivity index (χ0) is 22.7. The topological polar surface area (TPSA) is 127 Å². The third-order valence-electron chi connectivity index (χ3n) is 5.49. The van der Waals surface area contributed by atoms with Crippen LogP contribution in [-0.4, -0.2) is 60.8 Å². The van der Waals surface area contributed by atoms with Crippen molar-refractivity contribution in [1.82, 2.24) is 4.98 Å². The van der Waals surface area contributed by atoms with Gasteiger partial charge in [0.2, 0.25) is 0 Å². The van der Waals surface area contributed by atoms with Crippen molar-refractivity contribution >= 4 is 37.9 Å². The van der Waals surface area contributed by atoms with Gasteiger partial charge >= 0.3 is 0 Å². The number of sulfone groups is 1. The number of aromatic nitrogens is 1. The van der Waals surface area contributed by atoms with E-state index in [0.29, 0.717) is 43.0 Å². The molecule has 11 heteroatoms. The molecule has 0 radical (unpaired) electrons. The molecule has 1 aliphatic heterocycles. The number of thiazole rings is 1. The van der Waals surface area contributed by atoms with Crippen molar-refractivity contribution in [3.05, 3.63) is 40.9 Å². The smallest absolute Gasteiger partial charge is 0.280 e. The number of nitrogens with zero attached hydrogens (tertiary/aromatic N) is 2. The van der Waals surface area contributed by atoms with E-state index in [4.69, 9.17) is 9.57 Å². The lowest BCUT2D eigenvalue weighted by molar-refractivity contribution is -0.110. The highest BCUT2D eigenvalue weighted by molar-refractivity contribution is 7.92. The van der Waals surface area contributed by atoms with Gasteiger partial charge in [-0.2, -0.15) is 0 Å². The van der Waals surface area contributed by atoms with Gasteiger partial charge in [0.15, 0.2) is 20.7 Å². The van der Waals surface area contributed by atoms with E-state index in [-0.39, 0.29) is 23.3 Å². The standard InChI is InChI=1S/C21H25N3O6S2/c1-13-11-22-21(31-13)23-20(26)19(24-30-16-5-4-15(25)10-16)14-2-6-17(7-3-14)32(27,28)18-8-9-29-12-18/h2-3,6-7,11,15-16,18,25H,4-5,8-10,12H2,1H3,(H,22,23,26)/b24-19+/t15-,16-,18+/m1/s1. The molecule has 9 nitrogen and oxygen atoms in total. The molecule has 1 aromatic heterocycles. The second-order valence-electron chi connectivity index (χ2n) is 7.92. The van der Waals surface area contributed by atoms with Crippen LogP contribution in [0.5, 0.6) is 0 Å². The van der Waals surface area contributed by atoms with E-state index >= 15 is 0 Å². The fraction of sp³-hybridized carbons (Fsp3) is 0.476. The van der Waals surface area contributed by atoms with E-state index in [9.17, 15) is 18.3 Å². The Hall–Kier alpha value is -2.34. The van der Waals surface area contributed by atoms with Crippen LogP contribution in [0.2, 0.25) is 0 Å². The molecular formula is C21H25N3O6S2. The SMILES string of the molecule is Cc1cnc(NC(=O)/C(=N/O[C@@H]2CC[C@@H](O)C2)c2ccc(S(=O)(=O)[C@H]3CCOC3)cc2)s1. The van der Waals surface area contributed by atoms with Crippen molar-refractivity contribution in [3.8, 4) is 0 Å².